The van der Waals surface area contributed by atoms with Crippen LogP contribution in [0.2, 0.25) is 0 Å². The number of aryl methyl sites for hydroxylation is 1. The summed E-state index contributed by atoms with van der Waals surface area (Å²) in [6.45, 7) is 4.55. The van der Waals surface area contributed by atoms with Crippen LogP contribution < -0.4 is 10.1 Å². The van der Waals surface area contributed by atoms with Crippen molar-refractivity contribution in [1.82, 2.24) is 5.32 Å². The molecule has 0 saturated carbocycles. The monoisotopic (exact) mass is 415 g/mol. The summed E-state index contributed by atoms with van der Waals surface area (Å²) < 4.78 is 13.5. The zero-order chi connectivity index (χ0) is 14.7. The standard InChI is InChI=1S/C16H18INO2S/c1-11-4-2-3-5-12(11)20-16(13-10-18-8-9-19-13)14-6-7-15(17)21-14/h2-7,13,16,18H,8-10H2,1H3/t13-,16?/m0/s1. The summed E-state index contributed by atoms with van der Waals surface area (Å²) in [4.78, 5) is 1.22. The predicted octanol–water partition coefficient (Wildman–Crippen LogP) is 3.77. The topological polar surface area (TPSA) is 30.5 Å². The van der Waals surface area contributed by atoms with Gasteiger partial charge in [0.2, 0.25) is 0 Å². The molecule has 2 heterocycles. The van der Waals surface area contributed by atoms with Crippen molar-refractivity contribution < 1.29 is 9.47 Å². The van der Waals surface area contributed by atoms with Crippen molar-refractivity contribution >= 4 is 33.9 Å². The molecule has 21 heavy (non-hydrogen) atoms. The third kappa shape index (κ3) is 3.77. The molecule has 1 N–H and O–H groups in total. The summed E-state index contributed by atoms with van der Waals surface area (Å²) in [7, 11) is 0. The lowest BCUT2D eigenvalue weighted by Crippen LogP contribution is -2.43. The Labute approximate surface area is 142 Å². The number of morpholine rings is 1. The van der Waals surface area contributed by atoms with Crippen molar-refractivity contribution in [3.05, 3.63) is 49.7 Å². The van der Waals surface area contributed by atoms with E-state index in [-0.39, 0.29) is 12.2 Å². The first kappa shape index (κ1) is 15.3. The van der Waals surface area contributed by atoms with Gasteiger partial charge in [0.15, 0.2) is 6.10 Å². The first-order valence-corrected chi connectivity index (χ1v) is 8.93. The molecule has 5 heteroatoms. The molecule has 0 bridgehead atoms. The molecule has 1 saturated heterocycles. The van der Waals surface area contributed by atoms with Gasteiger partial charge >= 0.3 is 0 Å². The van der Waals surface area contributed by atoms with E-state index >= 15 is 0 Å². The second-order valence-corrected chi connectivity index (χ2v) is 8.07. The maximum atomic E-state index is 6.33. The van der Waals surface area contributed by atoms with E-state index in [0.29, 0.717) is 0 Å². The fraction of sp³-hybridized carbons (Fsp3) is 0.375. The summed E-state index contributed by atoms with van der Waals surface area (Å²) in [5.41, 5.74) is 1.15. The Bertz CT molecular complexity index is 595. The highest BCUT2D eigenvalue weighted by Crippen LogP contribution is 2.33. The number of hydrogen-bond donors (Lipinski definition) is 1. The lowest BCUT2D eigenvalue weighted by molar-refractivity contribution is -0.0421. The van der Waals surface area contributed by atoms with E-state index in [1.165, 1.54) is 7.76 Å². The van der Waals surface area contributed by atoms with Crippen molar-refractivity contribution in [3.8, 4) is 5.75 Å². The normalized spacial score (nSPS) is 20.2. The van der Waals surface area contributed by atoms with Gasteiger partial charge in [-0.1, -0.05) is 18.2 Å². The van der Waals surface area contributed by atoms with Crippen LogP contribution in [-0.2, 0) is 4.74 Å². The lowest BCUT2D eigenvalue weighted by atomic mass is 10.1. The molecule has 0 radical (unpaired) electrons. The fourth-order valence-electron chi connectivity index (χ4n) is 2.40. The highest BCUT2D eigenvalue weighted by Gasteiger charge is 2.29. The Morgan fingerprint density at radius 1 is 1.33 bits per heavy atom. The largest absolute Gasteiger partial charge is 0.482 e. The number of halogens is 1. The molecule has 3 nitrogen and oxygen atoms in total. The molecule has 0 aliphatic carbocycles. The maximum absolute atomic E-state index is 6.33. The Balaban J connectivity index is 1.86. The lowest BCUT2D eigenvalue weighted by Gasteiger charge is -2.31. The third-order valence-electron chi connectivity index (χ3n) is 3.52. The fourth-order valence-corrected chi connectivity index (χ4v) is 4.16. The minimum Gasteiger partial charge on any atom is -0.482 e. The smallest absolute Gasteiger partial charge is 0.160 e. The van der Waals surface area contributed by atoms with Gasteiger partial charge < -0.3 is 14.8 Å². The van der Waals surface area contributed by atoms with Crippen molar-refractivity contribution in [2.45, 2.75) is 19.1 Å². The molecule has 1 unspecified atom stereocenters. The zero-order valence-corrected chi connectivity index (χ0v) is 14.8. The van der Waals surface area contributed by atoms with E-state index in [9.17, 15) is 0 Å². The molecular formula is C16H18INO2S. The molecule has 1 aromatic heterocycles. The van der Waals surface area contributed by atoms with Gasteiger partial charge in [0.25, 0.3) is 0 Å². The number of para-hydroxylation sites is 1. The highest BCUT2D eigenvalue weighted by molar-refractivity contribution is 14.1. The number of thiophene rings is 1. The molecule has 1 aromatic carbocycles. The SMILES string of the molecule is Cc1ccccc1OC(c1ccc(I)s1)[C@@H]1CNCCO1. The Morgan fingerprint density at radius 2 is 2.19 bits per heavy atom. The van der Waals surface area contributed by atoms with E-state index in [2.05, 4.69) is 53.0 Å². The minimum atomic E-state index is -0.0626. The summed E-state index contributed by atoms with van der Waals surface area (Å²) in [6.07, 6.45) is -0.0137. The first-order valence-electron chi connectivity index (χ1n) is 7.04. The Kier molecular flexibility index (Phi) is 5.15. The van der Waals surface area contributed by atoms with Crippen LogP contribution in [0.1, 0.15) is 16.5 Å². The summed E-state index contributed by atoms with van der Waals surface area (Å²) in [6, 6.07) is 12.4. The second-order valence-electron chi connectivity index (χ2n) is 5.06. The first-order chi connectivity index (χ1) is 10.2. The second kappa shape index (κ2) is 7.09. The predicted molar refractivity (Wildman–Crippen MR) is 94.2 cm³/mol. The van der Waals surface area contributed by atoms with Gasteiger partial charge in [-0.15, -0.1) is 11.3 Å². The summed E-state index contributed by atoms with van der Waals surface area (Å²) in [5.74, 6) is 0.931. The molecule has 0 spiro atoms. The quantitative estimate of drug-likeness (QED) is 0.772. The van der Waals surface area contributed by atoms with E-state index in [1.54, 1.807) is 11.3 Å². The van der Waals surface area contributed by atoms with Crippen LogP contribution in [0.4, 0.5) is 0 Å². The Morgan fingerprint density at radius 3 is 2.86 bits per heavy atom. The van der Waals surface area contributed by atoms with E-state index in [4.69, 9.17) is 9.47 Å². The van der Waals surface area contributed by atoms with Crippen LogP contribution in [-0.4, -0.2) is 25.8 Å². The van der Waals surface area contributed by atoms with Crippen LogP contribution in [0.15, 0.2) is 36.4 Å². The number of rotatable bonds is 4. The van der Waals surface area contributed by atoms with Gasteiger partial charge in [0.05, 0.1) is 9.49 Å². The van der Waals surface area contributed by atoms with Crippen molar-refractivity contribution in [2.75, 3.05) is 19.7 Å². The van der Waals surface area contributed by atoms with Gasteiger partial charge in [-0.05, 0) is 53.3 Å². The number of nitrogens with one attached hydrogen (secondary N) is 1. The van der Waals surface area contributed by atoms with Gasteiger partial charge in [-0.3, -0.25) is 0 Å². The molecule has 3 rings (SSSR count). The molecular weight excluding hydrogens is 397 g/mol. The van der Waals surface area contributed by atoms with Crippen LogP contribution in [0.25, 0.3) is 0 Å². The average molecular weight is 415 g/mol. The van der Waals surface area contributed by atoms with Gasteiger partial charge in [-0.25, -0.2) is 0 Å². The maximum Gasteiger partial charge on any atom is 0.160 e. The number of benzene rings is 1. The van der Waals surface area contributed by atoms with Gasteiger partial charge in [0, 0.05) is 18.0 Å². The molecule has 0 amide bonds. The molecule has 2 atom stereocenters. The summed E-state index contributed by atoms with van der Waals surface area (Å²) in [5, 5.41) is 3.39. The molecule has 112 valence electrons. The van der Waals surface area contributed by atoms with Crippen LogP contribution in [0.3, 0.4) is 0 Å². The number of hydrogen-bond acceptors (Lipinski definition) is 4. The van der Waals surface area contributed by atoms with Crippen molar-refractivity contribution in [1.29, 1.82) is 0 Å². The minimum absolute atomic E-state index is 0.0489. The van der Waals surface area contributed by atoms with Crippen molar-refractivity contribution in [2.24, 2.45) is 0 Å². The molecule has 1 aliphatic rings. The van der Waals surface area contributed by atoms with Crippen LogP contribution in [0, 0.1) is 9.81 Å². The summed E-state index contributed by atoms with van der Waals surface area (Å²) >= 11 is 4.12. The highest BCUT2D eigenvalue weighted by atomic mass is 127. The van der Waals surface area contributed by atoms with E-state index in [1.807, 2.05) is 18.2 Å². The van der Waals surface area contributed by atoms with Gasteiger partial charge in [-0.2, -0.15) is 0 Å². The molecule has 1 aliphatic heterocycles. The van der Waals surface area contributed by atoms with E-state index < -0.39 is 0 Å². The van der Waals surface area contributed by atoms with Crippen LogP contribution >= 0.6 is 33.9 Å². The van der Waals surface area contributed by atoms with Gasteiger partial charge in [0.1, 0.15) is 11.9 Å². The third-order valence-corrected chi connectivity index (χ3v) is 5.47. The van der Waals surface area contributed by atoms with E-state index in [0.717, 1.165) is 31.0 Å². The molecule has 2 aromatic rings. The van der Waals surface area contributed by atoms with Crippen molar-refractivity contribution in [3.63, 3.8) is 0 Å². The zero-order valence-electron chi connectivity index (χ0n) is 11.8. The number of ether oxygens (including phenoxy) is 2. The Hall–Kier alpha value is -0.630. The molecule has 1 fully saturated rings. The van der Waals surface area contributed by atoms with Crippen LogP contribution in [0.5, 0.6) is 5.75 Å². The average Bonchev–Trinajstić information content (AvgIpc) is 2.93.